The van der Waals surface area contributed by atoms with Gasteiger partial charge < -0.3 is 5.11 Å². The normalized spacial score (nSPS) is 25.1. The number of hydrogen-bond donors (Lipinski definition) is 1. The van der Waals surface area contributed by atoms with Gasteiger partial charge in [0.25, 0.3) is 5.91 Å². The van der Waals surface area contributed by atoms with Crippen LogP contribution in [-0.2, 0) is 9.59 Å². The van der Waals surface area contributed by atoms with E-state index in [4.69, 9.17) is 0 Å². The molecule has 1 aliphatic rings. The fourth-order valence-corrected chi connectivity index (χ4v) is 1.78. The van der Waals surface area contributed by atoms with Gasteiger partial charge in [0.2, 0.25) is 0 Å². The molecule has 0 aliphatic carbocycles. The summed E-state index contributed by atoms with van der Waals surface area (Å²) in [4.78, 5) is 22.4. The van der Waals surface area contributed by atoms with Crippen molar-refractivity contribution < 1.29 is 19.3 Å². The predicted molar refractivity (Wildman–Crippen MR) is 49.7 cm³/mol. The Kier molecular flexibility index (Phi) is 2.92. The second-order valence-electron chi connectivity index (χ2n) is 4.23. The van der Waals surface area contributed by atoms with Crippen LogP contribution >= 0.6 is 0 Å². The van der Waals surface area contributed by atoms with E-state index in [-0.39, 0.29) is 18.1 Å². The van der Waals surface area contributed by atoms with E-state index in [0.717, 1.165) is 0 Å². The van der Waals surface area contributed by atoms with E-state index in [1.165, 1.54) is 11.9 Å². The second kappa shape index (κ2) is 3.67. The summed E-state index contributed by atoms with van der Waals surface area (Å²) in [7, 11) is 3.68. The summed E-state index contributed by atoms with van der Waals surface area (Å²) in [6, 6.07) is 0. The van der Waals surface area contributed by atoms with Crippen LogP contribution in [0.2, 0.25) is 0 Å². The van der Waals surface area contributed by atoms with Gasteiger partial charge in [-0.25, -0.2) is 4.59 Å². The van der Waals surface area contributed by atoms with Crippen LogP contribution in [0.4, 0.5) is 0 Å². The SMILES string of the molecule is CC(=O)CC(=O)N1[C@@H](O)CC[N+]1(C)C. The molecule has 1 atom stereocenters. The van der Waals surface area contributed by atoms with Crippen molar-refractivity contribution in [2.24, 2.45) is 0 Å². The minimum Gasteiger partial charge on any atom is -0.369 e. The number of ketones is 1. The topological polar surface area (TPSA) is 57.6 Å². The maximum absolute atomic E-state index is 11.6. The Labute approximate surface area is 83.5 Å². The summed E-state index contributed by atoms with van der Waals surface area (Å²) in [6.45, 7) is 2.09. The summed E-state index contributed by atoms with van der Waals surface area (Å²) >= 11 is 0. The summed E-state index contributed by atoms with van der Waals surface area (Å²) in [5.74, 6) is -0.471. The third kappa shape index (κ3) is 2.10. The quantitative estimate of drug-likeness (QED) is 0.484. The molecule has 5 heteroatoms. The first-order chi connectivity index (χ1) is 6.34. The monoisotopic (exact) mass is 201 g/mol. The number of aliphatic hydroxyl groups excluding tert-OH is 1. The number of amides is 1. The van der Waals surface area contributed by atoms with Crippen molar-refractivity contribution >= 4 is 11.7 Å². The zero-order valence-corrected chi connectivity index (χ0v) is 8.86. The van der Waals surface area contributed by atoms with Gasteiger partial charge in [-0.05, 0) is 6.92 Å². The Hall–Kier alpha value is -0.940. The lowest BCUT2D eigenvalue weighted by Crippen LogP contribution is -2.55. The smallest absolute Gasteiger partial charge is 0.277 e. The zero-order chi connectivity index (χ0) is 10.9. The van der Waals surface area contributed by atoms with Crippen LogP contribution in [-0.4, -0.2) is 53.3 Å². The molecule has 0 bridgehead atoms. The van der Waals surface area contributed by atoms with Crippen LogP contribution in [0.1, 0.15) is 19.8 Å². The number of hydrogen-bond acceptors (Lipinski definition) is 3. The Bertz CT molecular complexity index is 263. The average Bonchev–Trinajstić information content (AvgIpc) is 2.24. The lowest BCUT2D eigenvalue weighted by Gasteiger charge is -2.33. The van der Waals surface area contributed by atoms with Crippen molar-refractivity contribution in [3.05, 3.63) is 0 Å². The fourth-order valence-electron chi connectivity index (χ4n) is 1.78. The van der Waals surface area contributed by atoms with Gasteiger partial charge in [0.15, 0.2) is 6.23 Å². The third-order valence-electron chi connectivity index (χ3n) is 2.46. The molecule has 5 nitrogen and oxygen atoms in total. The van der Waals surface area contributed by atoms with E-state index in [0.29, 0.717) is 17.6 Å². The number of aliphatic hydroxyl groups is 1. The van der Waals surface area contributed by atoms with E-state index < -0.39 is 6.23 Å². The fraction of sp³-hybridized carbons (Fsp3) is 0.778. The van der Waals surface area contributed by atoms with E-state index >= 15 is 0 Å². The molecule has 1 amide bonds. The van der Waals surface area contributed by atoms with Gasteiger partial charge in [-0.2, -0.15) is 5.01 Å². The minimum absolute atomic E-state index is 0.126. The van der Waals surface area contributed by atoms with Gasteiger partial charge in [-0.15, -0.1) is 0 Å². The van der Waals surface area contributed by atoms with E-state index in [2.05, 4.69) is 0 Å². The minimum atomic E-state index is -0.753. The average molecular weight is 201 g/mol. The molecule has 1 N–H and O–H groups in total. The standard InChI is InChI=1S/C9H17N2O3/c1-7(12)6-9(14)10-8(13)4-5-11(10,2)3/h8,13H,4-6H2,1-3H3/q+1/t8-/m0/s1. The second-order valence-corrected chi connectivity index (χ2v) is 4.23. The summed E-state index contributed by atoms with van der Waals surface area (Å²) in [5, 5.41) is 10.9. The van der Waals surface area contributed by atoms with E-state index in [9.17, 15) is 14.7 Å². The molecule has 0 aromatic heterocycles. The Morgan fingerprint density at radius 1 is 1.50 bits per heavy atom. The number of carbonyl (C=O) groups is 2. The highest BCUT2D eigenvalue weighted by Crippen LogP contribution is 2.22. The first-order valence-corrected chi connectivity index (χ1v) is 4.67. The molecule has 14 heavy (non-hydrogen) atoms. The van der Waals surface area contributed by atoms with Crippen LogP contribution in [0.3, 0.4) is 0 Å². The molecule has 0 saturated carbocycles. The molecule has 1 rings (SSSR count). The van der Waals surface area contributed by atoms with Crippen LogP contribution in [0, 0.1) is 0 Å². The first-order valence-electron chi connectivity index (χ1n) is 4.67. The Morgan fingerprint density at radius 3 is 2.43 bits per heavy atom. The van der Waals surface area contributed by atoms with Crippen LogP contribution in [0.15, 0.2) is 0 Å². The first kappa shape index (κ1) is 11.1. The lowest BCUT2D eigenvalue weighted by molar-refractivity contribution is -0.981. The van der Waals surface area contributed by atoms with Crippen molar-refractivity contribution in [3.8, 4) is 0 Å². The van der Waals surface area contributed by atoms with E-state index in [1.54, 1.807) is 0 Å². The van der Waals surface area contributed by atoms with Crippen molar-refractivity contribution in [1.29, 1.82) is 0 Å². The maximum atomic E-state index is 11.6. The number of carbonyl (C=O) groups excluding carboxylic acids is 2. The van der Waals surface area contributed by atoms with Crippen LogP contribution in [0.5, 0.6) is 0 Å². The summed E-state index contributed by atoms with van der Waals surface area (Å²) in [5.41, 5.74) is 0. The summed E-state index contributed by atoms with van der Waals surface area (Å²) < 4.78 is 0.327. The van der Waals surface area contributed by atoms with Crippen LogP contribution < -0.4 is 0 Å². The molecule has 80 valence electrons. The molecule has 0 aromatic rings. The van der Waals surface area contributed by atoms with E-state index in [1.807, 2.05) is 14.1 Å². The largest absolute Gasteiger partial charge is 0.369 e. The van der Waals surface area contributed by atoms with Crippen molar-refractivity contribution in [3.63, 3.8) is 0 Å². The number of rotatable bonds is 2. The molecule has 1 heterocycles. The molecular formula is C9H17N2O3+. The van der Waals surface area contributed by atoms with Gasteiger partial charge >= 0.3 is 0 Å². The maximum Gasteiger partial charge on any atom is 0.277 e. The van der Waals surface area contributed by atoms with Gasteiger partial charge in [-0.3, -0.25) is 9.59 Å². The molecule has 0 aromatic carbocycles. The van der Waals surface area contributed by atoms with Crippen LogP contribution in [0.25, 0.3) is 0 Å². The molecular weight excluding hydrogens is 184 g/mol. The highest BCUT2D eigenvalue weighted by molar-refractivity contribution is 5.96. The molecule has 1 saturated heterocycles. The molecule has 0 radical (unpaired) electrons. The summed E-state index contributed by atoms with van der Waals surface area (Å²) in [6.07, 6.45) is -0.313. The van der Waals surface area contributed by atoms with Crippen molar-refractivity contribution in [1.82, 2.24) is 5.01 Å². The van der Waals surface area contributed by atoms with Crippen molar-refractivity contribution in [2.45, 2.75) is 26.0 Å². The lowest BCUT2D eigenvalue weighted by atomic mass is 10.3. The molecule has 1 aliphatic heterocycles. The highest BCUT2D eigenvalue weighted by atomic mass is 16.3. The molecule has 0 unspecified atom stereocenters. The van der Waals surface area contributed by atoms with Gasteiger partial charge in [0, 0.05) is 6.42 Å². The number of quaternary nitrogens is 1. The van der Waals surface area contributed by atoms with Gasteiger partial charge in [0.05, 0.1) is 20.5 Å². The Balaban J connectivity index is 2.74. The number of nitrogens with zero attached hydrogens (tertiary/aromatic N) is 2. The Morgan fingerprint density at radius 2 is 2.07 bits per heavy atom. The number of Topliss-reactive ketones (excluding diaryl/α,β-unsaturated/α-hetero) is 1. The zero-order valence-electron chi connectivity index (χ0n) is 8.86. The third-order valence-corrected chi connectivity index (χ3v) is 2.46. The highest BCUT2D eigenvalue weighted by Gasteiger charge is 2.42. The van der Waals surface area contributed by atoms with Gasteiger partial charge in [0.1, 0.15) is 12.3 Å². The van der Waals surface area contributed by atoms with Gasteiger partial charge in [-0.1, -0.05) is 0 Å². The van der Waals surface area contributed by atoms with Crippen molar-refractivity contribution in [2.75, 3.05) is 20.6 Å². The molecule has 0 spiro atoms. The predicted octanol–water partition coefficient (Wildman–Crippen LogP) is -0.492. The molecule has 1 fully saturated rings.